The summed E-state index contributed by atoms with van der Waals surface area (Å²) in [6.45, 7) is 3.94. The van der Waals surface area contributed by atoms with Crippen molar-refractivity contribution in [3.05, 3.63) is 35.4 Å². The lowest BCUT2D eigenvalue weighted by Gasteiger charge is -2.24. The Morgan fingerprint density at radius 3 is 3.10 bits per heavy atom. The van der Waals surface area contributed by atoms with Crippen LogP contribution in [0.25, 0.3) is 0 Å². The molecule has 0 aromatic heterocycles. The van der Waals surface area contributed by atoms with Gasteiger partial charge in [0, 0.05) is 24.9 Å². The number of nitrogens with one attached hydrogen (secondary N) is 1. The highest BCUT2D eigenvalue weighted by atomic mass is 32.2. The maximum Gasteiger partial charge on any atom is 0.232 e. The minimum atomic E-state index is 0.292. The standard InChI is InChI=1S/C16H24N2OS/c1-13-5-3-6-14(9-13)11-20-12-16(19)18-8-4-7-15(18)10-17-2/h3,5-6,9,15,17H,4,7-8,10-12H2,1-2H3. The minimum Gasteiger partial charge on any atom is -0.338 e. The van der Waals surface area contributed by atoms with Crippen molar-refractivity contribution < 1.29 is 4.79 Å². The van der Waals surface area contributed by atoms with Crippen molar-refractivity contribution in [1.82, 2.24) is 10.2 Å². The van der Waals surface area contributed by atoms with Gasteiger partial charge in [0.05, 0.1) is 5.75 Å². The lowest BCUT2D eigenvalue weighted by molar-refractivity contribution is -0.129. The Morgan fingerprint density at radius 1 is 1.50 bits per heavy atom. The molecule has 1 aromatic carbocycles. The summed E-state index contributed by atoms with van der Waals surface area (Å²) in [4.78, 5) is 14.3. The molecular weight excluding hydrogens is 268 g/mol. The van der Waals surface area contributed by atoms with E-state index in [2.05, 4.69) is 41.4 Å². The van der Waals surface area contributed by atoms with E-state index >= 15 is 0 Å². The molecule has 1 aromatic rings. The third-order valence-corrected chi connectivity index (χ3v) is 4.70. The summed E-state index contributed by atoms with van der Waals surface area (Å²) in [6.07, 6.45) is 2.27. The number of carbonyl (C=O) groups excluding carboxylic acids is 1. The van der Waals surface area contributed by atoms with Crippen LogP contribution in [0.4, 0.5) is 0 Å². The maximum absolute atomic E-state index is 12.3. The largest absolute Gasteiger partial charge is 0.338 e. The van der Waals surface area contributed by atoms with Crippen LogP contribution in [0.2, 0.25) is 0 Å². The van der Waals surface area contributed by atoms with Gasteiger partial charge in [0.2, 0.25) is 5.91 Å². The van der Waals surface area contributed by atoms with Gasteiger partial charge in [-0.1, -0.05) is 29.8 Å². The van der Waals surface area contributed by atoms with E-state index in [1.54, 1.807) is 11.8 Å². The molecule has 1 heterocycles. The van der Waals surface area contributed by atoms with Crippen molar-refractivity contribution in [3.8, 4) is 0 Å². The van der Waals surface area contributed by atoms with Gasteiger partial charge in [-0.05, 0) is 32.4 Å². The van der Waals surface area contributed by atoms with Crippen LogP contribution in [0.5, 0.6) is 0 Å². The molecule has 0 spiro atoms. The third kappa shape index (κ3) is 4.25. The number of likely N-dealkylation sites (N-methyl/N-ethyl adjacent to an activating group) is 1. The molecule has 20 heavy (non-hydrogen) atoms. The summed E-state index contributed by atoms with van der Waals surface area (Å²) in [5.74, 6) is 1.80. The van der Waals surface area contributed by atoms with Crippen molar-refractivity contribution in [1.29, 1.82) is 0 Å². The Morgan fingerprint density at radius 2 is 2.35 bits per heavy atom. The summed E-state index contributed by atoms with van der Waals surface area (Å²) in [7, 11) is 1.95. The van der Waals surface area contributed by atoms with Gasteiger partial charge in [-0.15, -0.1) is 11.8 Å². The average molecular weight is 292 g/mol. The first-order valence-electron chi connectivity index (χ1n) is 7.28. The molecule has 1 fully saturated rings. The molecule has 4 heteroatoms. The number of likely N-dealkylation sites (tertiary alicyclic amines) is 1. The maximum atomic E-state index is 12.3. The lowest BCUT2D eigenvalue weighted by Crippen LogP contribution is -2.41. The molecule has 1 amide bonds. The predicted octanol–water partition coefficient (Wildman–Crippen LogP) is 2.44. The SMILES string of the molecule is CNCC1CCCN1C(=O)CSCc1cccc(C)c1. The number of rotatable bonds is 6. The molecule has 0 saturated carbocycles. The normalized spacial score (nSPS) is 18.5. The highest BCUT2D eigenvalue weighted by molar-refractivity contribution is 7.99. The predicted molar refractivity (Wildman–Crippen MR) is 86.0 cm³/mol. The van der Waals surface area contributed by atoms with Crippen molar-refractivity contribution >= 4 is 17.7 Å². The van der Waals surface area contributed by atoms with Crippen LogP contribution in [0.3, 0.4) is 0 Å². The van der Waals surface area contributed by atoms with Gasteiger partial charge in [0.1, 0.15) is 0 Å². The molecular formula is C16H24N2OS. The fraction of sp³-hybridized carbons (Fsp3) is 0.562. The van der Waals surface area contributed by atoms with Crippen LogP contribution < -0.4 is 5.32 Å². The number of benzene rings is 1. The van der Waals surface area contributed by atoms with Crippen molar-refractivity contribution in [2.75, 3.05) is 25.9 Å². The number of hydrogen-bond acceptors (Lipinski definition) is 3. The molecule has 2 rings (SSSR count). The van der Waals surface area contributed by atoms with E-state index in [0.717, 1.165) is 31.7 Å². The molecule has 110 valence electrons. The molecule has 0 radical (unpaired) electrons. The second-order valence-corrected chi connectivity index (χ2v) is 6.41. The zero-order valence-electron chi connectivity index (χ0n) is 12.4. The van der Waals surface area contributed by atoms with Crippen LogP contribution in [0.15, 0.2) is 24.3 Å². The summed E-state index contributed by atoms with van der Waals surface area (Å²) in [6, 6.07) is 8.90. The van der Waals surface area contributed by atoms with E-state index in [1.165, 1.54) is 11.1 Å². The van der Waals surface area contributed by atoms with E-state index in [0.29, 0.717) is 17.7 Å². The topological polar surface area (TPSA) is 32.3 Å². The number of hydrogen-bond donors (Lipinski definition) is 1. The van der Waals surface area contributed by atoms with Crippen molar-refractivity contribution in [2.24, 2.45) is 0 Å². The first kappa shape index (κ1) is 15.4. The van der Waals surface area contributed by atoms with Crippen molar-refractivity contribution in [2.45, 2.75) is 31.6 Å². The van der Waals surface area contributed by atoms with Gasteiger partial charge in [-0.25, -0.2) is 0 Å². The second kappa shape index (κ2) is 7.70. The molecule has 3 nitrogen and oxygen atoms in total. The van der Waals surface area contributed by atoms with Gasteiger partial charge in [-0.2, -0.15) is 0 Å². The van der Waals surface area contributed by atoms with Gasteiger partial charge < -0.3 is 10.2 Å². The Kier molecular flexibility index (Phi) is 5.92. The number of nitrogens with zero attached hydrogens (tertiary/aromatic N) is 1. The highest BCUT2D eigenvalue weighted by Crippen LogP contribution is 2.19. The molecule has 1 saturated heterocycles. The Hall–Kier alpha value is -1.00. The molecule has 1 N–H and O–H groups in total. The first-order valence-corrected chi connectivity index (χ1v) is 8.43. The summed E-state index contributed by atoms with van der Waals surface area (Å²) in [5, 5.41) is 3.18. The van der Waals surface area contributed by atoms with E-state index in [4.69, 9.17) is 0 Å². The second-order valence-electron chi connectivity index (χ2n) is 5.42. The van der Waals surface area contributed by atoms with Crippen LogP contribution in [0.1, 0.15) is 24.0 Å². The zero-order chi connectivity index (χ0) is 14.4. The average Bonchev–Trinajstić information content (AvgIpc) is 2.87. The Labute approximate surface area is 126 Å². The highest BCUT2D eigenvalue weighted by Gasteiger charge is 2.27. The van der Waals surface area contributed by atoms with E-state index in [-0.39, 0.29) is 0 Å². The molecule has 1 aliphatic heterocycles. The fourth-order valence-corrected chi connectivity index (χ4v) is 3.61. The van der Waals surface area contributed by atoms with Crippen LogP contribution >= 0.6 is 11.8 Å². The van der Waals surface area contributed by atoms with E-state index < -0.39 is 0 Å². The summed E-state index contributed by atoms with van der Waals surface area (Å²) in [5.41, 5.74) is 2.58. The monoisotopic (exact) mass is 292 g/mol. The summed E-state index contributed by atoms with van der Waals surface area (Å²) < 4.78 is 0. The van der Waals surface area contributed by atoms with Gasteiger partial charge in [0.25, 0.3) is 0 Å². The molecule has 1 unspecified atom stereocenters. The van der Waals surface area contributed by atoms with Crippen LogP contribution in [-0.2, 0) is 10.5 Å². The quantitative estimate of drug-likeness (QED) is 0.874. The van der Waals surface area contributed by atoms with Gasteiger partial charge in [-0.3, -0.25) is 4.79 Å². The molecule has 1 aliphatic rings. The van der Waals surface area contributed by atoms with Crippen LogP contribution in [0, 0.1) is 6.92 Å². The van der Waals surface area contributed by atoms with Gasteiger partial charge in [0.15, 0.2) is 0 Å². The number of thioether (sulfide) groups is 1. The molecule has 0 bridgehead atoms. The lowest BCUT2D eigenvalue weighted by atomic mass is 10.2. The van der Waals surface area contributed by atoms with Crippen molar-refractivity contribution in [3.63, 3.8) is 0 Å². The van der Waals surface area contributed by atoms with Crippen LogP contribution in [-0.4, -0.2) is 42.7 Å². The van der Waals surface area contributed by atoms with E-state index in [1.807, 2.05) is 7.05 Å². The van der Waals surface area contributed by atoms with Gasteiger partial charge >= 0.3 is 0 Å². The molecule has 1 atom stereocenters. The number of carbonyl (C=O) groups is 1. The number of aryl methyl sites for hydroxylation is 1. The Bertz CT molecular complexity index is 450. The number of amides is 1. The van der Waals surface area contributed by atoms with E-state index in [9.17, 15) is 4.79 Å². The Balaban J connectivity index is 1.77. The fourth-order valence-electron chi connectivity index (χ4n) is 2.75. The molecule has 0 aliphatic carbocycles. The minimum absolute atomic E-state index is 0.292. The summed E-state index contributed by atoms with van der Waals surface area (Å²) >= 11 is 1.72. The third-order valence-electron chi connectivity index (χ3n) is 3.71. The first-order chi connectivity index (χ1) is 9.70. The zero-order valence-corrected chi connectivity index (χ0v) is 13.2. The smallest absolute Gasteiger partial charge is 0.232 e.